The van der Waals surface area contributed by atoms with Gasteiger partial charge in [0, 0.05) is 36.4 Å². The first-order valence-electron chi connectivity index (χ1n) is 11.0. The van der Waals surface area contributed by atoms with Gasteiger partial charge < -0.3 is 16.4 Å². The molecule has 0 aliphatic carbocycles. The maximum absolute atomic E-state index is 13.0. The summed E-state index contributed by atoms with van der Waals surface area (Å²) in [6, 6.07) is 13.2. The number of benzene rings is 2. The van der Waals surface area contributed by atoms with Gasteiger partial charge in [-0.3, -0.25) is 14.5 Å². The Bertz CT molecular complexity index is 910. The van der Waals surface area contributed by atoms with E-state index in [1.807, 2.05) is 36.4 Å². The lowest BCUT2D eigenvalue weighted by Gasteiger charge is -2.20. The molecular weight excluding hydrogens is 388 g/mol. The van der Waals surface area contributed by atoms with E-state index in [1.165, 1.54) is 18.4 Å². The zero-order chi connectivity index (χ0) is 22.4. The van der Waals surface area contributed by atoms with E-state index in [4.69, 9.17) is 5.73 Å². The number of hydrogen-bond acceptors (Lipinski definition) is 4. The van der Waals surface area contributed by atoms with Crippen molar-refractivity contribution in [3.63, 3.8) is 0 Å². The van der Waals surface area contributed by atoms with Gasteiger partial charge in [-0.2, -0.15) is 0 Å². The Morgan fingerprint density at radius 1 is 0.968 bits per heavy atom. The van der Waals surface area contributed by atoms with Crippen molar-refractivity contribution < 1.29 is 9.59 Å². The molecule has 1 fully saturated rings. The average Bonchev–Trinajstić information content (AvgIpc) is 3.25. The van der Waals surface area contributed by atoms with Crippen LogP contribution in [0.15, 0.2) is 42.5 Å². The highest BCUT2D eigenvalue weighted by atomic mass is 16.2. The van der Waals surface area contributed by atoms with E-state index in [1.54, 1.807) is 6.07 Å². The highest BCUT2D eigenvalue weighted by Gasteiger charge is 2.18. The zero-order valence-corrected chi connectivity index (χ0v) is 18.8. The molecule has 0 spiro atoms. The fourth-order valence-electron chi connectivity index (χ4n) is 3.76. The van der Waals surface area contributed by atoms with Crippen LogP contribution in [0.5, 0.6) is 0 Å². The van der Waals surface area contributed by atoms with Crippen molar-refractivity contribution in [2.75, 3.05) is 31.5 Å². The lowest BCUT2D eigenvalue weighted by atomic mass is 9.86. The number of carbonyl (C=O) groups excluding carboxylic acids is 2. The Labute approximate surface area is 185 Å². The van der Waals surface area contributed by atoms with Crippen molar-refractivity contribution in [1.29, 1.82) is 0 Å². The number of anilines is 1. The van der Waals surface area contributed by atoms with E-state index >= 15 is 0 Å². The van der Waals surface area contributed by atoms with Gasteiger partial charge in [-0.15, -0.1) is 0 Å². The van der Waals surface area contributed by atoms with Crippen LogP contribution in [0.2, 0.25) is 0 Å². The second-order valence-corrected chi connectivity index (χ2v) is 9.18. The second-order valence-electron chi connectivity index (χ2n) is 9.18. The van der Waals surface area contributed by atoms with Gasteiger partial charge in [-0.25, -0.2) is 0 Å². The number of rotatable bonds is 7. The summed E-state index contributed by atoms with van der Waals surface area (Å²) in [7, 11) is 0. The fraction of sp³-hybridized carbons (Fsp3) is 0.440. The molecule has 6 nitrogen and oxygen atoms in total. The summed E-state index contributed by atoms with van der Waals surface area (Å²) >= 11 is 0. The van der Waals surface area contributed by atoms with Crippen molar-refractivity contribution >= 4 is 17.5 Å². The highest BCUT2D eigenvalue weighted by molar-refractivity contribution is 6.05. The van der Waals surface area contributed by atoms with Gasteiger partial charge in [0.25, 0.3) is 11.8 Å². The van der Waals surface area contributed by atoms with Crippen LogP contribution in [-0.4, -0.2) is 42.9 Å². The first-order valence-corrected chi connectivity index (χ1v) is 11.0. The van der Waals surface area contributed by atoms with Crippen LogP contribution in [0.4, 0.5) is 5.69 Å². The fourth-order valence-corrected chi connectivity index (χ4v) is 3.76. The highest BCUT2D eigenvalue weighted by Crippen LogP contribution is 2.25. The molecule has 166 valence electrons. The van der Waals surface area contributed by atoms with Crippen molar-refractivity contribution in [3.8, 4) is 0 Å². The SMILES string of the molecule is CC(C)(C)c1ccc(C(=O)Nc2cc(C(=O)NCCN)ccc2CN2CCCC2)cc1. The maximum atomic E-state index is 13.0. The first kappa shape index (κ1) is 23.0. The van der Waals surface area contributed by atoms with Gasteiger partial charge in [-0.1, -0.05) is 39.0 Å². The van der Waals surface area contributed by atoms with Crippen LogP contribution < -0.4 is 16.4 Å². The summed E-state index contributed by atoms with van der Waals surface area (Å²) in [5, 5.41) is 5.83. The molecule has 1 aliphatic rings. The standard InChI is InChI=1S/C25H34N4O2/c1-25(2,3)21-10-8-18(9-11-21)24(31)28-22-16-19(23(30)27-13-12-26)6-7-20(22)17-29-14-4-5-15-29/h6-11,16H,4-5,12-15,17,26H2,1-3H3,(H,27,30)(H,28,31). The third-order valence-electron chi connectivity index (χ3n) is 5.66. The third kappa shape index (κ3) is 6.15. The lowest BCUT2D eigenvalue weighted by Crippen LogP contribution is -2.29. The number of nitrogens with two attached hydrogens (primary N) is 1. The van der Waals surface area contributed by atoms with E-state index in [-0.39, 0.29) is 17.2 Å². The number of amides is 2. The third-order valence-corrected chi connectivity index (χ3v) is 5.66. The summed E-state index contributed by atoms with van der Waals surface area (Å²) in [5.41, 5.74) is 9.50. The number of nitrogens with one attached hydrogen (secondary N) is 2. The van der Waals surface area contributed by atoms with Crippen LogP contribution >= 0.6 is 0 Å². The molecule has 0 saturated carbocycles. The summed E-state index contributed by atoms with van der Waals surface area (Å²) in [5.74, 6) is -0.370. The molecule has 0 radical (unpaired) electrons. The maximum Gasteiger partial charge on any atom is 0.255 e. The van der Waals surface area contributed by atoms with E-state index < -0.39 is 0 Å². The molecule has 6 heteroatoms. The number of likely N-dealkylation sites (tertiary alicyclic amines) is 1. The first-order chi connectivity index (χ1) is 14.8. The van der Waals surface area contributed by atoms with Gasteiger partial charge in [0.15, 0.2) is 0 Å². The Morgan fingerprint density at radius 3 is 2.23 bits per heavy atom. The normalized spacial score (nSPS) is 14.5. The van der Waals surface area contributed by atoms with Gasteiger partial charge >= 0.3 is 0 Å². The quantitative estimate of drug-likeness (QED) is 0.637. The van der Waals surface area contributed by atoms with Crippen molar-refractivity contribution in [1.82, 2.24) is 10.2 Å². The van der Waals surface area contributed by atoms with Crippen LogP contribution in [0.25, 0.3) is 0 Å². The largest absolute Gasteiger partial charge is 0.351 e. The van der Waals surface area contributed by atoms with Crippen LogP contribution in [-0.2, 0) is 12.0 Å². The second kappa shape index (κ2) is 10.1. The minimum Gasteiger partial charge on any atom is -0.351 e. The van der Waals surface area contributed by atoms with Crippen molar-refractivity contribution in [2.45, 2.75) is 45.6 Å². The molecule has 0 aromatic heterocycles. The molecule has 1 heterocycles. The molecule has 1 saturated heterocycles. The lowest BCUT2D eigenvalue weighted by molar-refractivity contribution is 0.0953. The molecule has 4 N–H and O–H groups in total. The molecule has 0 bridgehead atoms. The Hall–Kier alpha value is -2.70. The van der Waals surface area contributed by atoms with E-state index in [2.05, 4.69) is 36.3 Å². The van der Waals surface area contributed by atoms with Crippen LogP contribution in [0.3, 0.4) is 0 Å². The van der Waals surface area contributed by atoms with Gasteiger partial charge in [-0.05, 0) is 66.7 Å². The molecule has 2 aromatic carbocycles. The smallest absolute Gasteiger partial charge is 0.255 e. The molecule has 1 aliphatic heterocycles. The minimum atomic E-state index is -0.191. The van der Waals surface area contributed by atoms with Gasteiger partial charge in [0.2, 0.25) is 0 Å². The van der Waals surface area contributed by atoms with E-state index in [0.717, 1.165) is 25.2 Å². The van der Waals surface area contributed by atoms with Crippen molar-refractivity contribution in [3.05, 3.63) is 64.7 Å². The monoisotopic (exact) mass is 422 g/mol. The molecule has 31 heavy (non-hydrogen) atoms. The summed E-state index contributed by atoms with van der Waals surface area (Å²) in [4.78, 5) is 27.8. The van der Waals surface area contributed by atoms with E-state index in [0.29, 0.717) is 29.9 Å². The molecule has 2 amide bonds. The molecule has 3 rings (SSSR count). The molecule has 0 atom stereocenters. The molecule has 0 unspecified atom stereocenters. The molecule has 2 aromatic rings. The Morgan fingerprint density at radius 2 is 1.61 bits per heavy atom. The van der Waals surface area contributed by atoms with Gasteiger partial charge in [0.1, 0.15) is 0 Å². The zero-order valence-electron chi connectivity index (χ0n) is 18.8. The topological polar surface area (TPSA) is 87.5 Å². The average molecular weight is 423 g/mol. The Balaban J connectivity index is 1.83. The summed E-state index contributed by atoms with van der Waals surface area (Å²) < 4.78 is 0. The predicted molar refractivity (Wildman–Crippen MR) is 125 cm³/mol. The van der Waals surface area contributed by atoms with E-state index in [9.17, 15) is 9.59 Å². The summed E-state index contributed by atoms with van der Waals surface area (Å²) in [6.45, 7) is 10.1. The number of hydrogen-bond donors (Lipinski definition) is 3. The number of carbonyl (C=O) groups is 2. The van der Waals surface area contributed by atoms with Crippen molar-refractivity contribution in [2.24, 2.45) is 5.73 Å². The predicted octanol–water partition coefficient (Wildman–Crippen LogP) is 3.52. The number of nitrogens with zero attached hydrogens (tertiary/aromatic N) is 1. The van der Waals surface area contributed by atoms with Crippen LogP contribution in [0, 0.1) is 0 Å². The van der Waals surface area contributed by atoms with Crippen LogP contribution in [0.1, 0.15) is 65.5 Å². The molecular formula is C25H34N4O2. The van der Waals surface area contributed by atoms with Gasteiger partial charge in [0.05, 0.1) is 0 Å². The Kier molecular flexibility index (Phi) is 7.46. The summed E-state index contributed by atoms with van der Waals surface area (Å²) in [6.07, 6.45) is 2.39. The minimum absolute atomic E-state index is 0.0309.